The third kappa shape index (κ3) is 3.71. The van der Waals surface area contributed by atoms with Gasteiger partial charge in [-0.05, 0) is 17.9 Å². The van der Waals surface area contributed by atoms with Crippen LogP contribution in [0, 0.1) is 0 Å². The van der Waals surface area contributed by atoms with Crippen molar-refractivity contribution >= 4 is 34.7 Å². The molecule has 0 saturated heterocycles. The smallest absolute Gasteiger partial charge is 0.213 e. The molecular formula is C13H16N4OS2. The Morgan fingerprint density at radius 2 is 2.35 bits per heavy atom. The van der Waals surface area contributed by atoms with Gasteiger partial charge in [0.25, 0.3) is 0 Å². The van der Waals surface area contributed by atoms with Crippen LogP contribution in [-0.4, -0.2) is 27.4 Å². The molecule has 106 valence electrons. The Labute approximate surface area is 127 Å². The van der Waals surface area contributed by atoms with E-state index in [1.54, 1.807) is 11.8 Å². The minimum absolute atomic E-state index is 0.406. The SMILES string of the molecule is CCSc1cccc(NCCc2ncon2)c1C(N)=S. The van der Waals surface area contributed by atoms with E-state index in [4.69, 9.17) is 22.5 Å². The van der Waals surface area contributed by atoms with Gasteiger partial charge in [0, 0.05) is 29.1 Å². The largest absolute Gasteiger partial charge is 0.389 e. The van der Waals surface area contributed by atoms with Crippen molar-refractivity contribution in [2.45, 2.75) is 18.2 Å². The first kappa shape index (κ1) is 14.8. The standard InChI is InChI=1S/C13H16N4OS2/c1-2-20-10-5-3-4-9(12(10)13(14)19)15-7-6-11-16-8-18-17-11/h3-5,8,15H,2,6-7H2,1H3,(H2,14,19). The summed E-state index contributed by atoms with van der Waals surface area (Å²) in [6, 6.07) is 6.01. The number of anilines is 1. The fourth-order valence-electron chi connectivity index (χ4n) is 1.82. The van der Waals surface area contributed by atoms with E-state index >= 15 is 0 Å². The Hall–Kier alpha value is -1.60. The summed E-state index contributed by atoms with van der Waals surface area (Å²) in [5.74, 6) is 1.65. The molecule has 1 heterocycles. The number of nitrogens with zero attached hydrogens (tertiary/aromatic N) is 2. The van der Waals surface area contributed by atoms with Crippen molar-refractivity contribution in [3.8, 4) is 0 Å². The molecule has 0 bridgehead atoms. The van der Waals surface area contributed by atoms with E-state index in [0.717, 1.165) is 21.9 Å². The van der Waals surface area contributed by atoms with Crippen molar-refractivity contribution in [2.24, 2.45) is 5.73 Å². The van der Waals surface area contributed by atoms with Gasteiger partial charge in [0.05, 0.1) is 0 Å². The summed E-state index contributed by atoms with van der Waals surface area (Å²) in [5, 5.41) is 7.10. The highest BCUT2D eigenvalue weighted by molar-refractivity contribution is 7.99. The Morgan fingerprint density at radius 1 is 1.50 bits per heavy atom. The number of thiocarbonyl (C=S) groups is 1. The predicted octanol–water partition coefficient (Wildman–Crippen LogP) is 2.47. The molecule has 0 aliphatic rings. The van der Waals surface area contributed by atoms with Crippen LogP contribution in [0.2, 0.25) is 0 Å². The monoisotopic (exact) mass is 308 g/mol. The fraction of sp³-hybridized carbons (Fsp3) is 0.308. The third-order valence-corrected chi connectivity index (χ3v) is 3.79. The van der Waals surface area contributed by atoms with Gasteiger partial charge in [0.1, 0.15) is 4.99 Å². The number of nitrogens with two attached hydrogens (primary N) is 1. The molecule has 0 spiro atoms. The Bertz CT molecular complexity index is 572. The maximum Gasteiger partial charge on any atom is 0.213 e. The quantitative estimate of drug-likeness (QED) is 0.601. The highest BCUT2D eigenvalue weighted by Gasteiger charge is 2.11. The minimum atomic E-state index is 0.406. The predicted molar refractivity (Wildman–Crippen MR) is 85.2 cm³/mol. The molecule has 7 heteroatoms. The van der Waals surface area contributed by atoms with Crippen molar-refractivity contribution in [1.29, 1.82) is 0 Å². The average Bonchev–Trinajstić information content (AvgIpc) is 2.92. The number of benzene rings is 1. The van der Waals surface area contributed by atoms with Crippen LogP contribution in [0.1, 0.15) is 18.3 Å². The van der Waals surface area contributed by atoms with Crippen LogP contribution in [0.3, 0.4) is 0 Å². The zero-order valence-electron chi connectivity index (χ0n) is 11.1. The number of rotatable bonds is 7. The molecular weight excluding hydrogens is 292 g/mol. The summed E-state index contributed by atoms with van der Waals surface area (Å²) < 4.78 is 4.70. The molecule has 1 aromatic heterocycles. The summed E-state index contributed by atoms with van der Waals surface area (Å²) in [6.45, 7) is 2.79. The number of aromatic nitrogens is 2. The molecule has 0 fully saturated rings. The second kappa shape index (κ2) is 7.25. The Kier molecular flexibility index (Phi) is 5.37. The lowest BCUT2D eigenvalue weighted by atomic mass is 10.1. The first-order valence-corrected chi connectivity index (χ1v) is 7.66. The summed E-state index contributed by atoms with van der Waals surface area (Å²) >= 11 is 6.89. The maximum absolute atomic E-state index is 5.85. The first-order valence-electron chi connectivity index (χ1n) is 6.27. The highest BCUT2D eigenvalue weighted by Crippen LogP contribution is 2.28. The molecule has 0 amide bonds. The van der Waals surface area contributed by atoms with E-state index in [9.17, 15) is 0 Å². The van der Waals surface area contributed by atoms with Crippen molar-refractivity contribution in [3.63, 3.8) is 0 Å². The summed E-state index contributed by atoms with van der Waals surface area (Å²) in [6.07, 6.45) is 2.01. The molecule has 0 unspecified atom stereocenters. The molecule has 0 saturated carbocycles. The van der Waals surface area contributed by atoms with E-state index in [1.165, 1.54) is 6.39 Å². The van der Waals surface area contributed by atoms with Crippen LogP contribution in [0.4, 0.5) is 5.69 Å². The van der Waals surface area contributed by atoms with Gasteiger partial charge >= 0.3 is 0 Å². The van der Waals surface area contributed by atoms with Crippen LogP contribution in [0.15, 0.2) is 34.0 Å². The fourth-order valence-corrected chi connectivity index (χ4v) is 2.95. The van der Waals surface area contributed by atoms with Crippen LogP contribution in [0.25, 0.3) is 0 Å². The lowest BCUT2D eigenvalue weighted by Gasteiger charge is -2.14. The van der Waals surface area contributed by atoms with Crippen molar-refractivity contribution in [1.82, 2.24) is 10.1 Å². The van der Waals surface area contributed by atoms with E-state index in [0.29, 0.717) is 23.8 Å². The molecule has 1 aromatic carbocycles. The Morgan fingerprint density at radius 3 is 3.00 bits per heavy atom. The molecule has 0 aliphatic heterocycles. The Balaban J connectivity index is 2.09. The van der Waals surface area contributed by atoms with Gasteiger partial charge in [-0.2, -0.15) is 4.98 Å². The lowest BCUT2D eigenvalue weighted by Crippen LogP contribution is -2.16. The number of hydrogen-bond donors (Lipinski definition) is 2. The van der Waals surface area contributed by atoms with E-state index in [-0.39, 0.29) is 0 Å². The van der Waals surface area contributed by atoms with Gasteiger partial charge in [-0.1, -0.05) is 30.4 Å². The van der Waals surface area contributed by atoms with Crippen molar-refractivity contribution in [3.05, 3.63) is 36.0 Å². The zero-order valence-corrected chi connectivity index (χ0v) is 12.8. The van der Waals surface area contributed by atoms with E-state index in [2.05, 4.69) is 22.4 Å². The molecule has 20 heavy (non-hydrogen) atoms. The third-order valence-electron chi connectivity index (χ3n) is 2.64. The lowest BCUT2D eigenvalue weighted by molar-refractivity contribution is 0.410. The molecule has 2 aromatic rings. The minimum Gasteiger partial charge on any atom is -0.389 e. The summed E-state index contributed by atoms with van der Waals surface area (Å²) in [5.41, 5.74) is 7.70. The summed E-state index contributed by atoms with van der Waals surface area (Å²) in [7, 11) is 0. The van der Waals surface area contributed by atoms with Gasteiger partial charge in [0.15, 0.2) is 5.82 Å². The van der Waals surface area contributed by atoms with Gasteiger partial charge in [0.2, 0.25) is 6.39 Å². The normalized spacial score (nSPS) is 10.4. The average molecular weight is 308 g/mol. The molecule has 5 nitrogen and oxygen atoms in total. The number of nitrogens with one attached hydrogen (secondary N) is 1. The van der Waals surface area contributed by atoms with Crippen LogP contribution in [0.5, 0.6) is 0 Å². The van der Waals surface area contributed by atoms with Gasteiger partial charge in [-0.15, -0.1) is 11.8 Å². The van der Waals surface area contributed by atoms with Crippen LogP contribution in [-0.2, 0) is 6.42 Å². The van der Waals surface area contributed by atoms with Crippen molar-refractivity contribution < 1.29 is 4.52 Å². The molecule has 0 aliphatic carbocycles. The first-order chi connectivity index (χ1) is 9.72. The number of hydrogen-bond acceptors (Lipinski definition) is 6. The molecule has 2 rings (SSSR count). The van der Waals surface area contributed by atoms with E-state index in [1.807, 2.05) is 18.2 Å². The van der Waals surface area contributed by atoms with E-state index < -0.39 is 0 Å². The topological polar surface area (TPSA) is 77.0 Å². The van der Waals surface area contributed by atoms with Gasteiger partial charge in [-0.3, -0.25) is 0 Å². The van der Waals surface area contributed by atoms with Crippen LogP contribution >= 0.6 is 24.0 Å². The molecule has 0 atom stereocenters. The zero-order chi connectivity index (χ0) is 14.4. The number of thioether (sulfide) groups is 1. The maximum atomic E-state index is 5.85. The highest BCUT2D eigenvalue weighted by atomic mass is 32.2. The second-order valence-corrected chi connectivity index (χ2v) is 5.75. The second-order valence-electron chi connectivity index (χ2n) is 4.00. The van der Waals surface area contributed by atoms with Crippen molar-refractivity contribution in [2.75, 3.05) is 17.6 Å². The molecule has 0 radical (unpaired) electrons. The van der Waals surface area contributed by atoms with Gasteiger partial charge in [-0.25, -0.2) is 0 Å². The van der Waals surface area contributed by atoms with Gasteiger partial charge < -0.3 is 15.6 Å². The van der Waals surface area contributed by atoms with Crippen LogP contribution < -0.4 is 11.1 Å². The molecule has 3 N–H and O–H groups in total. The summed E-state index contributed by atoms with van der Waals surface area (Å²) in [4.78, 5) is 5.49.